The Labute approximate surface area is 218 Å². The van der Waals surface area contributed by atoms with Crippen LogP contribution in [0.5, 0.6) is 0 Å². The van der Waals surface area contributed by atoms with Crippen LogP contribution in [0, 0.1) is 6.92 Å². The van der Waals surface area contributed by atoms with E-state index in [1.54, 1.807) is 31.6 Å². The van der Waals surface area contributed by atoms with Crippen molar-refractivity contribution >= 4 is 39.8 Å². The number of imidazole rings is 1. The van der Waals surface area contributed by atoms with Crippen LogP contribution in [0.15, 0.2) is 73.7 Å². The number of carbonyl (C=O) groups excluding carboxylic acids is 1. The van der Waals surface area contributed by atoms with Gasteiger partial charge < -0.3 is 10.3 Å². The average molecular weight is 510 g/mol. The van der Waals surface area contributed by atoms with E-state index in [1.807, 2.05) is 49.4 Å². The van der Waals surface area contributed by atoms with Crippen LogP contribution in [0.1, 0.15) is 30.3 Å². The number of anilines is 1. The second-order valence-electron chi connectivity index (χ2n) is 8.44. The zero-order chi connectivity index (χ0) is 25.9. The SMILES string of the molecule is C=C/C=C(/c1cccc(Cl)c1)c1nc(-c2[nH]nc3ncc(-c4cncc(NC(=O)CC)c4)cc23)[nH]c1C. The number of benzene rings is 1. The Morgan fingerprint density at radius 1 is 1.16 bits per heavy atom. The summed E-state index contributed by atoms with van der Waals surface area (Å²) in [5, 5.41) is 11.7. The number of hydrogen-bond donors (Lipinski definition) is 3. The van der Waals surface area contributed by atoms with Crippen LogP contribution in [0.2, 0.25) is 5.02 Å². The molecule has 4 heterocycles. The van der Waals surface area contributed by atoms with Crippen LogP contribution in [0.3, 0.4) is 0 Å². The number of fused-ring (bicyclic) bond motifs is 1. The Balaban J connectivity index is 1.55. The molecule has 0 aliphatic carbocycles. The normalized spacial score (nSPS) is 11.6. The first-order valence-electron chi connectivity index (χ1n) is 11.7. The minimum absolute atomic E-state index is 0.0729. The number of pyridine rings is 2. The number of aromatic nitrogens is 6. The molecule has 3 N–H and O–H groups in total. The first-order valence-corrected chi connectivity index (χ1v) is 12.1. The molecule has 0 aliphatic heterocycles. The molecule has 9 heteroatoms. The maximum atomic E-state index is 11.8. The highest BCUT2D eigenvalue weighted by Gasteiger charge is 2.18. The Kier molecular flexibility index (Phi) is 6.66. The van der Waals surface area contributed by atoms with Crippen LogP contribution in [0.25, 0.3) is 39.3 Å². The van der Waals surface area contributed by atoms with Gasteiger partial charge in [-0.2, -0.15) is 5.10 Å². The molecule has 184 valence electrons. The third-order valence-electron chi connectivity index (χ3n) is 5.88. The van der Waals surface area contributed by atoms with E-state index < -0.39 is 0 Å². The first-order chi connectivity index (χ1) is 18.0. The number of halogens is 1. The fourth-order valence-corrected chi connectivity index (χ4v) is 4.27. The molecular weight excluding hydrogens is 486 g/mol. The van der Waals surface area contributed by atoms with Crippen molar-refractivity contribution in [3.05, 3.63) is 95.7 Å². The van der Waals surface area contributed by atoms with Crippen molar-refractivity contribution < 1.29 is 4.79 Å². The highest BCUT2D eigenvalue weighted by Crippen LogP contribution is 2.32. The van der Waals surface area contributed by atoms with Crippen molar-refractivity contribution in [2.75, 3.05) is 5.32 Å². The summed E-state index contributed by atoms with van der Waals surface area (Å²) >= 11 is 6.25. The van der Waals surface area contributed by atoms with Gasteiger partial charge in [-0.3, -0.25) is 14.9 Å². The number of aryl methyl sites for hydroxylation is 1. The number of nitrogens with zero attached hydrogens (tertiary/aromatic N) is 4. The molecular formula is C28H24ClN7O. The molecule has 0 bridgehead atoms. The van der Waals surface area contributed by atoms with Gasteiger partial charge in [0.15, 0.2) is 11.5 Å². The Morgan fingerprint density at radius 3 is 2.78 bits per heavy atom. The van der Waals surface area contributed by atoms with E-state index in [1.165, 1.54) is 0 Å². The van der Waals surface area contributed by atoms with Crippen molar-refractivity contribution in [3.8, 4) is 22.6 Å². The Morgan fingerprint density at radius 2 is 2.00 bits per heavy atom. The van der Waals surface area contributed by atoms with Crippen LogP contribution in [0.4, 0.5) is 5.69 Å². The molecule has 5 rings (SSSR count). The number of rotatable bonds is 7. The van der Waals surface area contributed by atoms with Gasteiger partial charge in [0, 0.05) is 46.2 Å². The van der Waals surface area contributed by atoms with E-state index in [0.717, 1.165) is 39.0 Å². The number of carbonyl (C=O) groups is 1. The van der Waals surface area contributed by atoms with Gasteiger partial charge in [-0.1, -0.05) is 49.4 Å². The van der Waals surface area contributed by atoms with Gasteiger partial charge in [0.2, 0.25) is 5.91 Å². The standard InChI is InChI=1S/C28H24ClN7O/c1-4-7-22(17-8-6-9-20(29)10-17)25-16(3)32-28(34-25)26-23-12-19(14-31-27(23)36-35-26)18-11-21(15-30-13-18)33-24(37)5-2/h4,6-15H,1,5H2,2-3H3,(H,32,34)(H,33,37)(H,31,35,36)/b22-7-. The summed E-state index contributed by atoms with van der Waals surface area (Å²) in [4.78, 5) is 28.9. The monoisotopic (exact) mass is 509 g/mol. The molecule has 1 aromatic carbocycles. The molecule has 0 spiro atoms. The summed E-state index contributed by atoms with van der Waals surface area (Å²) in [6.45, 7) is 7.64. The first kappa shape index (κ1) is 24.1. The van der Waals surface area contributed by atoms with Crippen LogP contribution >= 0.6 is 11.6 Å². The van der Waals surface area contributed by atoms with Crippen molar-refractivity contribution in [3.63, 3.8) is 0 Å². The molecule has 0 fully saturated rings. The van der Waals surface area contributed by atoms with Gasteiger partial charge >= 0.3 is 0 Å². The van der Waals surface area contributed by atoms with E-state index in [2.05, 4.69) is 37.0 Å². The highest BCUT2D eigenvalue weighted by atomic mass is 35.5. The van der Waals surface area contributed by atoms with Crippen LogP contribution in [-0.4, -0.2) is 36.0 Å². The summed E-state index contributed by atoms with van der Waals surface area (Å²) in [5.74, 6) is 0.560. The molecule has 4 aromatic heterocycles. The molecule has 1 amide bonds. The lowest BCUT2D eigenvalue weighted by molar-refractivity contribution is -0.115. The number of allylic oxidation sites excluding steroid dienone is 2. The number of amides is 1. The third-order valence-corrected chi connectivity index (χ3v) is 6.12. The summed E-state index contributed by atoms with van der Waals surface area (Å²) in [7, 11) is 0. The molecule has 37 heavy (non-hydrogen) atoms. The van der Waals surface area contributed by atoms with Gasteiger partial charge in [-0.15, -0.1) is 0 Å². The van der Waals surface area contributed by atoms with Crippen LogP contribution < -0.4 is 5.32 Å². The van der Waals surface area contributed by atoms with Gasteiger partial charge in [0.25, 0.3) is 0 Å². The molecule has 0 saturated carbocycles. The van der Waals surface area contributed by atoms with Crippen molar-refractivity contribution in [1.82, 2.24) is 30.1 Å². The average Bonchev–Trinajstić information content (AvgIpc) is 3.50. The van der Waals surface area contributed by atoms with Gasteiger partial charge in [0.1, 0.15) is 5.69 Å². The molecule has 0 aliphatic rings. The van der Waals surface area contributed by atoms with E-state index in [4.69, 9.17) is 16.6 Å². The largest absolute Gasteiger partial charge is 0.340 e. The van der Waals surface area contributed by atoms with Crippen molar-refractivity contribution in [1.29, 1.82) is 0 Å². The fourth-order valence-electron chi connectivity index (χ4n) is 4.08. The minimum atomic E-state index is -0.0729. The lowest BCUT2D eigenvalue weighted by Crippen LogP contribution is -2.09. The van der Waals surface area contributed by atoms with Crippen LogP contribution in [-0.2, 0) is 4.79 Å². The van der Waals surface area contributed by atoms with Gasteiger partial charge in [-0.25, -0.2) is 9.97 Å². The zero-order valence-electron chi connectivity index (χ0n) is 20.3. The fraction of sp³-hybridized carbons (Fsp3) is 0.107. The molecule has 0 saturated heterocycles. The van der Waals surface area contributed by atoms with Crippen molar-refractivity contribution in [2.45, 2.75) is 20.3 Å². The van der Waals surface area contributed by atoms with Crippen molar-refractivity contribution in [2.24, 2.45) is 0 Å². The minimum Gasteiger partial charge on any atom is -0.340 e. The molecule has 0 radical (unpaired) electrons. The second-order valence-corrected chi connectivity index (χ2v) is 8.88. The highest BCUT2D eigenvalue weighted by molar-refractivity contribution is 6.30. The maximum absolute atomic E-state index is 11.8. The third kappa shape index (κ3) is 4.92. The summed E-state index contributed by atoms with van der Waals surface area (Å²) in [5.41, 5.74) is 7.08. The number of aromatic amines is 2. The molecule has 8 nitrogen and oxygen atoms in total. The summed E-state index contributed by atoms with van der Waals surface area (Å²) in [6, 6.07) is 11.5. The number of nitrogens with one attached hydrogen (secondary N) is 3. The zero-order valence-corrected chi connectivity index (χ0v) is 21.1. The maximum Gasteiger partial charge on any atom is 0.224 e. The smallest absolute Gasteiger partial charge is 0.224 e. The number of H-pyrrole nitrogens is 2. The number of hydrogen-bond acceptors (Lipinski definition) is 5. The van der Waals surface area contributed by atoms with E-state index in [-0.39, 0.29) is 5.91 Å². The lowest BCUT2D eigenvalue weighted by atomic mass is 10.0. The van der Waals surface area contributed by atoms with E-state index >= 15 is 0 Å². The Hall–Kier alpha value is -4.56. The molecule has 0 unspecified atom stereocenters. The topological polar surface area (TPSA) is 112 Å². The summed E-state index contributed by atoms with van der Waals surface area (Å²) < 4.78 is 0. The Bertz CT molecular complexity index is 1660. The quantitative estimate of drug-likeness (QED) is 0.222. The predicted molar refractivity (Wildman–Crippen MR) is 147 cm³/mol. The molecule has 0 atom stereocenters. The van der Waals surface area contributed by atoms with Gasteiger partial charge in [-0.05, 0) is 36.8 Å². The van der Waals surface area contributed by atoms with Gasteiger partial charge in [0.05, 0.1) is 23.0 Å². The van der Waals surface area contributed by atoms with E-state index in [0.29, 0.717) is 34.3 Å². The summed E-state index contributed by atoms with van der Waals surface area (Å²) in [6.07, 6.45) is 9.13. The second kappa shape index (κ2) is 10.2. The van der Waals surface area contributed by atoms with E-state index in [9.17, 15) is 4.79 Å². The lowest BCUT2D eigenvalue weighted by Gasteiger charge is -2.06. The predicted octanol–water partition coefficient (Wildman–Crippen LogP) is 6.34. The molecule has 5 aromatic rings.